The average molecular weight is 321 g/mol. The van der Waals surface area contributed by atoms with Gasteiger partial charge < -0.3 is 9.80 Å². The van der Waals surface area contributed by atoms with Crippen molar-refractivity contribution < 1.29 is 9.18 Å². The SMILES string of the molecule is CN(CC(=O)N1CCCCCC1)c1nc2c(F)cccc2s1. The first kappa shape index (κ1) is 15.2. The highest BCUT2D eigenvalue weighted by Gasteiger charge is 2.19. The fourth-order valence-corrected chi connectivity index (χ4v) is 3.70. The lowest BCUT2D eigenvalue weighted by molar-refractivity contribution is -0.129. The van der Waals surface area contributed by atoms with Crippen molar-refractivity contribution in [2.75, 3.05) is 31.6 Å². The van der Waals surface area contributed by atoms with Crippen molar-refractivity contribution in [2.24, 2.45) is 0 Å². The Labute approximate surface area is 133 Å². The Morgan fingerprint density at radius 2 is 2.05 bits per heavy atom. The van der Waals surface area contributed by atoms with Crippen molar-refractivity contribution in [1.82, 2.24) is 9.88 Å². The van der Waals surface area contributed by atoms with Gasteiger partial charge in [-0.2, -0.15) is 0 Å². The third-order valence-corrected chi connectivity index (χ3v) is 5.15. The van der Waals surface area contributed by atoms with E-state index in [1.165, 1.54) is 30.2 Å². The molecule has 118 valence electrons. The van der Waals surface area contributed by atoms with Gasteiger partial charge in [-0.25, -0.2) is 9.37 Å². The lowest BCUT2D eigenvalue weighted by Gasteiger charge is -2.23. The highest BCUT2D eigenvalue weighted by Crippen LogP contribution is 2.29. The van der Waals surface area contributed by atoms with Crippen molar-refractivity contribution in [1.29, 1.82) is 0 Å². The van der Waals surface area contributed by atoms with Crippen LogP contribution in [0.3, 0.4) is 0 Å². The number of halogens is 1. The zero-order chi connectivity index (χ0) is 15.5. The molecule has 0 saturated carbocycles. The summed E-state index contributed by atoms with van der Waals surface area (Å²) in [6.45, 7) is 1.99. The molecule has 3 rings (SSSR count). The van der Waals surface area contributed by atoms with Crippen LogP contribution in [0.1, 0.15) is 25.7 Å². The highest BCUT2D eigenvalue weighted by molar-refractivity contribution is 7.22. The van der Waals surface area contributed by atoms with Crippen molar-refractivity contribution >= 4 is 32.6 Å². The van der Waals surface area contributed by atoms with Crippen LogP contribution >= 0.6 is 11.3 Å². The molecule has 0 aliphatic carbocycles. The summed E-state index contributed by atoms with van der Waals surface area (Å²) in [5, 5.41) is 0.684. The molecule has 22 heavy (non-hydrogen) atoms. The maximum atomic E-state index is 13.7. The molecule has 1 amide bonds. The van der Waals surface area contributed by atoms with Crippen LogP contribution < -0.4 is 4.90 Å². The Balaban J connectivity index is 1.70. The van der Waals surface area contributed by atoms with Crippen LogP contribution in [0.15, 0.2) is 18.2 Å². The lowest BCUT2D eigenvalue weighted by atomic mass is 10.2. The number of carbonyl (C=O) groups is 1. The molecule has 2 aromatic rings. The number of anilines is 1. The summed E-state index contributed by atoms with van der Waals surface area (Å²) in [4.78, 5) is 20.5. The van der Waals surface area contributed by atoms with E-state index in [-0.39, 0.29) is 11.7 Å². The van der Waals surface area contributed by atoms with Gasteiger partial charge >= 0.3 is 0 Å². The van der Waals surface area contributed by atoms with Crippen LogP contribution in [0.5, 0.6) is 0 Å². The second-order valence-electron chi connectivity index (χ2n) is 5.73. The Bertz CT molecular complexity index is 664. The molecular formula is C16H20FN3OS. The molecule has 1 aliphatic heterocycles. The van der Waals surface area contributed by atoms with Gasteiger partial charge in [-0.3, -0.25) is 4.79 Å². The first-order chi connectivity index (χ1) is 10.6. The average Bonchev–Trinajstić information content (AvgIpc) is 2.76. The molecule has 0 bridgehead atoms. The van der Waals surface area contributed by atoms with E-state index in [1.54, 1.807) is 6.07 Å². The number of hydrogen-bond donors (Lipinski definition) is 0. The number of likely N-dealkylation sites (tertiary alicyclic amines) is 1. The maximum Gasteiger partial charge on any atom is 0.242 e. The number of amides is 1. The molecule has 1 aliphatic rings. The quantitative estimate of drug-likeness (QED) is 0.870. The van der Waals surface area contributed by atoms with Crippen LogP contribution in [-0.4, -0.2) is 42.5 Å². The number of likely N-dealkylation sites (N-methyl/N-ethyl adjacent to an activating group) is 1. The van der Waals surface area contributed by atoms with Crippen LogP contribution in [0, 0.1) is 5.82 Å². The largest absolute Gasteiger partial charge is 0.342 e. The predicted molar refractivity (Wildman–Crippen MR) is 87.9 cm³/mol. The molecule has 4 nitrogen and oxygen atoms in total. The smallest absolute Gasteiger partial charge is 0.242 e. The Hall–Kier alpha value is -1.69. The number of benzene rings is 1. The van der Waals surface area contributed by atoms with Gasteiger partial charge in [-0.15, -0.1) is 0 Å². The number of aromatic nitrogens is 1. The summed E-state index contributed by atoms with van der Waals surface area (Å²) in [6.07, 6.45) is 4.58. The summed E-state index contributed by atoms with van der Waals surface area (Å²) in [5.74, 6) is -0.184. The third-order valence-electron chi connectivity index (χ3n) is 4.02. The van der Waals surface area contributed by atoms with Crippen LogP contribution in [0.4, 0.5) is 9.52 Å². The van der Waals surface area contributed by atoms with Gasteiger partial charge in [0, 0.05) is 20.1 Å². The summed E-state index contributed by atoms with van der Waals surface area (Å²) in [7, 11) is 1.84. The van der Waals surface area contributed by atoms with E-state index >= 15 is 0 Å². The van der Waals surface area contributed by atoms with E-state index in [9.17, 15) is 9.18 Å². The number of rotatable bonds is 3. The van der Waals surface area contributed by atoms with Gasteiger partial charge in [0.15, 0.2) is 5.13 Å². The second kappa shape index (κ2) is 6.60. The van der Waals surface area contributed by atoms with Crippen molar-refractivity contribution in [2.45, 2.75) is 25.7 Å². The van der Waals surface area contributed by atoms with Crippen molar-refractivity contribution in [3.05, 3.63) is 24.0 Å². The Kier molecular flexibility index (Phi) is 4.57. The van der Waals surface area contributed by atoms with Gasteiger partial charge in [-0.1, -0.05) is 30.2 Å². The monoisotopic (exact) mass is 321 g/mol. The fraction of sp³-hybridized carbons (Fsp3) is 0.500. The van der Waals surface area contributed by atoms with Crippen molar-refractivity contribution in [3.63, 3.8) is 0 Å². The van der Waals surface area contributed by atoms with E-state index in [4.69, 9.17) is 0 Å². The standard InChI is InChI=1S/C16H20FN3OS/c1-19(11-14(21)20-9-4-2-3-5-10-20)16-18-15-12(17)7-6-8-13(15)22-16/h6-8H,2-5,9-11H2,1H3. The van der Waals surface area contributed by atoms with E-state index < -0.39 is 0 Å². The number of para-hydroxylation sites is 1. The van der Waals surface area contributed by atoms with Gasteiger partial charge in [0.2, 0.25) is 5.91 Å². The third kappa shape index (κ3) is 3.21. The highest BCUT2D eigenvalue weighted by atomic mass is 32.1. The number of nitrogens with zero attached hydrogens (tertiary/aromatic N) is 3. The molecule has 2 heterocycles. The molecule has 1 fully saturated rings. The topological polar surface area (TPSA) is 36.4 Å². The van der Waals surface area contributed by atoms with Gasteiger partial charge in [0.1, 0.15) is 11.3 Å². The Morgan fingerprint density at radius 3 is 2.73 bits per heavy atom. The zero-order valence-electron chi connectivity index (χ0n) is 12.7. The van der Waals surface area contributed by atoms with E-state index in [1.807, 2.05) is 22.9 Å². The molecule has 0 radical (unpaired) electrons. The van der Waals surface area contributed by atoms with Crippen LogP contribution in [0.25, 0.3) is 10.2 Å². The number of thiazole rings is 1. The predicted octanol–water partition coefficient (Wildman–Crippen LogP) is 3.27. The molecule has 1 saturated heterocycles. The molecule has 0 atom stereocenters. The second-order valence-corrected chi connectivity index (χ2v) is 6.74. The summed E-state index contributed by atoms with van der Waals surface area (Å²) in [6, 6.07) is 4.94. The van der Waals surface area contributed by atoms with Crippen molar-refractivity contribution in [3.8, 4) is 0 Å². The minimum Gasteiger partial charge on any atom is -0.342 e. The number of fused-ring (bicyclic) bond motifs is 1. The van der Waals surface area contributed by atoms with E-state index in [0.29, 0.717) is 17.2 Å². The summed E-state index contributed by atoms with van der Waals surface area (Å²) in [5.41, 5.74) is 0.386. The lowest BCUT2D eigenvalue weighted by Crippen LogP contribution is -2.39. The molecule has 6 heteroatoms. The molecule has 0 spiro atoms. The zero-order valence-corrected chi connectivity index (χ0v) is 13.5. The minimum atomic E-state index is -0.313. The maximum absolute atomic E-state index is 13.7. The summed E-state index contributed by atoms with van der Waals surface area (Å²) >= 11 is 1.42. The van der Waals surface area contributed by atoms with Gasteiger partial charge in [0.05, 0.1) is 11.2 Å². The van der Waals surface area contributed by atoms with Gasteiger partial charge in [-0.05, 0) is 25.0 Å². The van der Waals surface area contributed by atoms with E-state index in [2.05, 4.69) is 4.98 Å². The Morgan fingerprint density at radius 1 is 1.32 bits per heavy atom. The summed E-state index contributed by atoms with van der Waals surface area (Å²) < 4.78 is 14.5. The fourth-order valence-electron chi connectivity index (χ4n) is 2.76. The molecule has 0 N–H and O–H groups in total. The number of carbonyl (C=O) groups excluding carboxylic acids is 1. The first-order valence-corrected chi connectivity index (χ1v) is 8.51. The number of hydrogen-bond acceptors (Lipinski definition) is 4. The molecular weight excluding hydrogens is 301 g/mol. The normalized spacial score (nSPS) is 15.8. The molecule has 1 aromatic carbocycles. The first-order valence-electron chi connectivity index (χ1n) is 7.69. The van der Waals surface area contributed by atoms with Crippen LogP contribution in [-0.2, 0) is 4.79 Å². The molecule has 0 unspecified atom stereocenters. The van der Waals surface area contributed by atoms with Crippen LogP contribution in [0.2, 0.25) is 0 Å². The van der Waals surface area contributed by atoms with Gasteiger partial charge in [0.25, 0.3) is 0 Å². The molecule has 1 aromatic heterocycles. The minimum absolute atomic E-state index is 0.129. The van der Waals surface area contributed by atoms with E-state index in [0.717, 1.165) is 30.6 Å².